The van der Waals surface area contributed by atoms with Gasteiger partial charge in [0.05, 0.1) is 0 Å². The standard InChI is InChI=1S/C21H21N5O2.3C2H6/c1-2-13-22-17-14-18(23-19(27)15-9-5-3-6-10-15)25-21(24-17)26-20(28)16-11-7-4-8-12-16;3*1-2/h3-12,14H,2,13H2,1H3,(H3,22,23,24,25,26,27,28);3*1-2H3. The summed E-state index contributed by atoms with van der Waals surface area (Å²) in [6.07, 6.45) is 0.904. The molecule has 2 aromatic carbocycles. The van der Waals surface area contributed by atoms with Gasteiger partial charge in [-0.2, -0.15) is 9.97 Å². The van der Waals surface area contributed by atoms with Crippen LogP contribution in [0.25, 0.3) is 0 Å². The summed E-state index contributed by atoms with van der Waals surface area (Å²) in [4.78, 5) is 33.4. The van der Waals surface area contributed by atoms with E-state index in [4.69, 9.17) is 0 Å². The third-order valence-corrected chi connectivity index (χ3v) is 3.82. The van der Waals surface area contributed by atoms with Crippen LogP contribution in [0, 0.1) is 0 Å². The number of amides is 2. The van der Waals surface area contributed by atoms with Crippen LogP contribution >= 0.6 is 0 Å². The predicted molar refractivity (Wildman–Crippen MR) is 144 cm³/mol. The molecule has 3 aromatic rings. The van der Waals surface area contributed by atoms with Crippen LogP contribution in [0.15, 0.2) is 66.7 Å². The normalized spacial score (nSPS) is 8.91. The van der Waals surface area contributed by atoms with Crippen molar-refractivity contribution >= 4 is 29.4 Å². The molecule has 0 radical (unpaired) electrons. The summed E-state index contributed by atoms with van der Waals surface area (Å²) in [6.45, 7) is 14.7. The molecule has 0 aliphatic heterocycles. The Morgan fingerprint density at radius 3 is 1.59 bits per heavy atom. The highest BCUT2D eigenvalue weighted by molar-refractivity contribution is 6.05. The SMILES string of the molecule is CC.CC.CC.CCCNc1cc(NC(=O)c2ccccc2)nc(NC(=O)c2ccccc2)n1. The Balaban J connectivity index is 0.00000168. The third kappa shape index (κ3) is 10.7. The fourth-order valence-electron chi connectivity index (χ4n) is 2.45. The molecule has 3 N–H and O–H groups in total. The van der Waals surface area contributed by atoms with Crippen molar-refractivity contribution in [2.45, 2.75) is 54.9 Å². The maximum absolute atomic E-state index is 12.4. The zero-order chi connectivity index (χ0) is 25.8. The van der Waals surface area contributed by atoms with Crippen molar-refractivity contribution in [2.24, 2.45) is 0 Å². The number of anilines is 3. The van der Waals surface area contributed by atoms with E-state index in [2.05, 4.69) is 25.9 Å². The summed E-state index contributed by atoms with van der Waals surface area (Å²) in [5.74, 6) is 0.308. The summed E-state index contributed by atoms with van der Waals surface area (Å²) < 4.78 is 0. The van der Waals surface area contributed by atoms with Crippen molar-refractivity contribution in [3.8, 4) is 0 Å². The Labute approximate surface area is 204 Å². The molecule has 34 heavy (non-hydrogen) atoms. The quantitative estimate of drug-likeness (QED) is 0.353. The average Bonchev–Trinajstić information content (AvgIpc) is 2.92. The number of benzene rings is 2. The minimum atomic E-state index is -0.325. The predicted octanol–water partition coefficient (Wildman–Crippen LogP) is 6.88. The van der Waals surface area contributed by atoms with Gasteiger partial charge in [0.2, 0.25) is 5.95 Å². The van der Waals surface area contributed by atoms with Gasteiger partial charge in [-0.3, -0.25) is 14.9 Å². The molecule has 1 aromatic heterocycles. The third-order valence-electron chi connectivity index (χ3n) is 3.82. The van der Waals surface area contributed by atoms with Crippen LogP contribution in [0.2, 0.25) is 0 Å². The van der Waals surface area contributed by atoms with Crippen molar-refractivity contribution < 1.29 is 9.59 Å². The van der Waals surface area contributed by atoms with Crippen molar-refractivity contribution in [1.82, 2.24) is 9.97 Å². The molecular formula is C27H39N5O2. The van der Waals surface area contributed by atoms with Gasteiger partial charge in [-0.25, -0.2) is 0 Å². The zero-order valence-corrected chi connectivity index (χ0v) is 21.5. The van der Waals surface area contributed by atoms with Gasteiger partial charge in [0, 0.05) is 23.7 Å². The maximum Gasteiger partial charge on any atom is 0.258 e. The highest BCUT2D eigenvalue weighted by Gasteiger charge is 2.12. The van der Waals surface area contributed by atoms with Crippen LogP contribution in [0.3, 0.4) is 0 Å². The number of nitrogens with one attached hydrogen (secondary N) is 3. The van der Waals surface area contributed by atoms with Crippen molar-refractivity contribution in [1.29, 1.82) is 0 Å². The Morgan fingerprint density at radius 1 is 0.676 bits per heavy atom. The minimum absolute atomic E-state index is 0.110. The molecule has 0 bridgehead atoms. The fraction of sp³-hybridized carbons (Fsp3) is 0.333. The molecule has 7 nitrogen and oxygen atoms in total. The number of rotatable bonds is 7. The van der Waals surface area contributed by atoms with Crippen LogP contribution in [0.4, 0.5) is 17.6 Å². The van der Waals surface area contributed by atoms with E-state index >= 15 is 0 Å². The first-order valence-corrected chi connectivity index (χ1v) is 12.0. The van der Waals surface area contributed by atoms with Crippen molar-refractivity contribution in [2.75, 3.05) is 22.5 Å². The molecule has 0 aliphatic carbocycles. The molecule has 0 fully saturated rings. The molecule has 184 valence electrons. The Hall–Kier alpha value is -3.74. The number of carbonyl (C=O) groups excluding carboxylic acids is 2. The van der Waals surface area contributed by atoms with Crippen LogP contribution in [-0.2, 0) is 0 Å². The summed E-state index contributed by atoms with van der Waals surface area (Å²) in [6, 6.07) is 19.3. The lowest BCUT2D eigenvalue weighted by Crippen LogP contribution is -2.18. The first-order chi connectivity index (χ1) is 16.7. The molecule has 0 saturated heterocycles. The Morgan fingerprint density at radius 2 is 1.12 bits per heavy atom. The van der Waals surface area contributed by atoms with E-state index in [1.165, 1.54) is 0 Å². The van der Waals surface area contributed by atoms with E-state index in [9.17, 15) is 9.59 Å². The number of hydrogen-bond donors (Lipinski definition) is 3. The molecular weight excluding hydrogens is 426 g/mol. The van der Waals surface area contributed by atoms with Crippen molar-refractivity contribution in [3.63, 3.8) is 0 Å². The fourth-order valence-corrected chi connectivity index (χ4v) is 2.45. The topological polar surface area (TPSA) is 96.0 Å². The molecule has 0 unspecified atom stereocenters. The number of carbonyl (C=O) groups is 2. The lowest BCUT2D eigenvalue weighted by molar-refractivity contribution is 0.101. The second kappa shape index (κ2) is 18.8. The van der Waals surface area contributed by atoms with Gasteiger partial charge >= 0.3 is 0 Å². The Bertz CT molecular complexity index is 876. The highest BCUT2D eigenvalue weighted by Crippen LogP contribution is 2.16. The van der Waals surface area contributed by atoms with Crippen LogP contribution in [0.1, 0.15) is 75.6 Å². The number of nitrogens with zero attached hydrogens (tertiary/aromatic N) is 2. The van der Waals surface area contributed by atoms with E-state index in [1.807, 2.05) is 60.6 Å². The molecule has 1 heterocycles. The lowest BCUT2D eigenvalue weighted by Gasteiger charge is -2.11. The van der Waals surface area contributed by atoms with Crippen LogP contribution in [0.5, 0.6) is 0 Å². The second-order valence-corrected chi connectivity index (χ2v) is 6.03. The van der Waals surface area contributed by atoms with Gasteiger partial charge in [-0.1, -0.05) is 84.9 Å². The molecule has 7 heteroatoms. The smallest absolute Gasteiger partial charge is 0.258 e. The largest absolute Gasteiger partial charge is 0.370 e. The van der Waals surface area contributed by atoms with E-state index in [1.54, 1.807) is 54.6 Å². The zero-order valence-electron chi connectivity index (χ0n) is 21.5. The minimum Gasteiger partial charge on any atom is -0.370 e. The molecule has 0 saturated carbocycles. The molecule has 3 rings (SSSR count). The highest BCUT2D eigenvalue weighted by atomic mass is 16.2. The van der Waals surface area contributed by atoms with Crippen LogP contribution < -0.4 is 16.0 Å². The average molecular weight is 466 g/mol. The Kier molecular flexibility index (Phi) is 16.7. The van der Waals surface area contributed by atoms with E-state index in [0.717, 1.165) is 6.42 Å². The number of aromatic nitrogens is 2. The first kappa shape index (κ1) is 30.3. The van der Waals surface area contributed by atoms with E-state index < -0.39 is 0 Å². The van der Waals surface area contributed by atoms with Crippen molar-refractivity contribution in [3.05, 3.63) is 77.9 Å². The summed E-state index contributed by atoms with van der Waals surface area (Å²) in [5.41, 5.74) is 1.01. The number of hydrogen-bond acceptors (Lipinski definition) is 5. The lowest BCUT2D eigenvalue weighted by atomic mass is 10.2. The first-order valence-electron chi connectivity index (χ1n) is 12.0. The molecule has 0 aliphatic rings. The summed E-state index contributed by atoms with van der Waals surface area (Å²) in [5, 5.41) is 8.57. The molecule has 2 amide bonds. The van der Waals surface area contributed by atoms with Gasteiger partial charge in [-0.05, 0) is 30.7 Å². The van der Waals surface area contributed by atoms with Gasteiger partial charge < -0.3 is 10.6 Å². The molecule has 0 spiro atoms. The monoisotopic (exact) mass is 465 g/mol. The molecule has 0 atom stereocenters. The van der Waals surface area contributed by atoms with Gasteiger partial charge in [-0.15, -0.1) is 0 Å². The van der Waals surface area contributed by atoms with Crippen LogP contribution in [-0.4, -0.2) is 28.3 Å². The second-order valence-electron chi connectivity index (χ2n) is 6.03. The van der Waals surface area contributed by atoms with Gasteiger partial charge in [0.25, 0.3) is 11.8 Å². The summed E-state index contributed by atoms with van der Waals surface area (Å²) in [7, 11) is 0. The summed E-state index contributed by atoms with van der Waals surface area (Å²) >= 11 is 0. The van der Waals surface area contributed by atoms with Gasteiger partial charge in [0.1, 0.15) is 11.6 Å². The van der Waals surface area contributed by atoms with Gasteiger partial charge in [0.15, 0.2) is 0 Å². The van der Waals surface area contributed by atoms with E-state index in [-0.39, 0.29) is 17.8 Å². The van der Waals surface area contributed by atoms with E-state index in [0.29, 0.717) is 29.3 Å². The maximum atomic E-state index is 12.4.